The van der Waals surface area contributed by atoms with E-state index in [1.54, 1.807) is 0 Å². The minimum absolute atomic E-state index is 0.343. The van der Waals surface area contributed by atoms with Crippen molar-refractivity contribution in [2.75, 3.05) is 20.3 Å². The lowest BCUT2D eigenvalue weighted by Gasteiger charge is -2.18. The third kappa shape index (κ3) is 7.00. The molecule has 0 atom stereocenters. The number of rotatable bonds is 12. The molecule has 6 nitrogen and oxygen atoms in total. The van der Waals surface area contributed by atoms with Crippen LogP contribution in [0.4, 0.5) is 0 Å². The lowest BCUT2D eigenvalue weighted by atomic mass is 9.90. The van der Waals surface area contributed by atoms with Crippen LogP contribution in [0, 0.1) is 0 Å². The van der Waals surface area contributed by atoms with Crippen LogP contribution >= 0.6 is 11.3 Å². The first-order valence-corrected chi connectivity index (χ1v) is 13.8. The molecule has 1 aromatic heterocycles. The fourth-order valence-corrected chi connectivity index (χ4v) is 5.72. The third-order valence-electron chi connectivity index (χ3n) is 6.53. The van der Waals surface area contributed by atoms with Crippen molar-refractivity contribution in [1.29, 1.82) is 0 Å². The van der Waals surface area contributed by atoms with E-state index in [2.05, 4.69) is 36.3 Å². The summed E-state index contributed by atoms with van der Waals surface area (Å²) in [4.78, 5) is 11.2. The molecule has 36 heavy (non-hydrogen) atoms. The number of aryl methyl sites for hydroxylation is 1. The van der Waals surface area contributed by atoms with E-state index in [0.29, 0.717) is 25.0 Å². The van der Waals surface area contributed by atoms with Crippen LogP contribution in [-0.4, -0.2) is 31.1 Å². The molecule has 2 aromatic carbocycles. The molecule has 1 heterocycles. The van der Waals surface area contributed by atoms with Crippen LogP contribution in [0.25, 0.3) is 11.3 Å². The molecule has 0 unspecified atom stereocenters. The van der Waals surface area contributed by atoms with Crippen LogP contribution in [0.3, 0.4) is 0 Å². The summed E-state index contributed by atoms with van der Waals surface area (Å²) < 4.78 is 11.8. The molecule has 2 N–H and O–H groups in total. The lowest BCUT2D eigenvalue weighted by molar-refractivity contribution is 0.213. The number of ether oxygens (including phenoxy) is 2. The van der Waals surface area contributed by atoms with Crippen LogP contribution in [0.15, 0.2) is 53.7 Å². The fourth-order valence-electron chi connectivity index (χ4n) is 4.53. The highest BCUT2D eigenvalue weighted by Crippen LogP contribution is 2.39. The molecular weight excluding hydrogens is 470 g/mol. The first kappa shape index (κ1) is 26.0. The Kier molecular flexibility index (Phi) is 9.61. The molecule has 4 rings (SSSR count). The Morgan fingerprint density at radius 1 is 0.944 bits per heavy atom. The molecule has 0 radical (unpaired) electrons. The normalized spacial score (nSPS) is 14.6. The second kappa shape index (κ2) is 13.3. The van der Waals surface area contributed by atoms with Crippen LogP contribution in [0.1, 0.15) is 73.2 Å². The van der Waals surface area contributed by atoms with Crippen molar-refractivity contribution in [3.63, 3.8) is 0 Å². The number of nitrogens with zero attached hydrogens (tertiary/aromatic N) is 2. The van der Waals surface area contributed by atoms with Crippen molar-refractivity contribution in [3.05, 3.63) is 64.0 Å². The SMILES string of the molecule is CCc1sc(C2CCCCC2)nc1-c1ccc(OCCCCOc2ccc(/C(N)=N\OC)cc2)cc1. The van der Waals surface area contributed by atoms with Crippen LogP contribution in [0.5, 0.6) is 11.5 Å². The molecular formula is C29H37N3O3S. The van der Waals surface area contributed by atoms with Gasteiger partial charge in [-0.2, -0.15) is 0 Å². The molecule has 1 aliphatic rings. The maximum atomic E-state index is 5.96. The molecule has 1 aliphatic carbocycles. The van der Waals surface area contributed by atoms with Gasteiger partial charge in [-0.25, -0.2) is 4.98 Å². The van der Waals surface area contributed by atoms with Gasteiger partial charge in [0, 0.05) is 21.9 Å². The maximum Gasteiger partial charge on any atom is 0.170 e. The summed E-state index contributed by atoms with van der Waals surface area (Å²) in [6.45, 7) is 3.52. The van der Waals surface area contributed by atoms with Gasteiger partial charge in [0.05, 0.1) is 23.9 Å². The standard InChI is InChI=1S/C29H37N3O3S/c1-3-26-27(31-29(36-26)23-9-5-4-6-10-23)21-11-15-24(16-12-21)34-19-7-8-20-35-25-17-13-22(14-18-25)28(30)32-33-2/h11-18,23H,3-10,19-20H2,1-2H3,(H2,30,32). The van der Waals surface area contributed by atoms with Gasteiger partial charge >= 0.3 is 0 Å². The molecule has 0 amide bonds. The highest BCUT2D eigenvalue weighted by Gasteiger charge is 2.21. The molecule has 1 fully saturated rings. The molecule has 0 aliphatic heterocycles. The van der Waals surface area contributed by atoms with E-state index < -0.39 is 0 Å². The molecule has 7 heteroatoms. The smallest absolute Gasteiger partial charge is 0.170 e. The summed E-state index contributed by atoms with van der Waals surface area (Å²) in [6.07, 6.45) is 9.50. The van der Waals surface area contributed by atoms with E-state index in [-0.39, 0.29) is 0 Å². The van der Waals surface area contributed by atoms with E-state index in [0.717, 1.165) is 42.0 Å². The van der Waals surface area contributed by atoms with E-state index in [1.807, 2.05) is 35.6 Å². The average molecular weight is 508 g/mol. The number of amidine groups is 1. The van der Waals surface area contributed by atoms with Crippen molar-refractivity contribution >= 4 is 17.2 Å². The van der Waals surface area contributed by atoms with Gasteiger partial charge in [-0.1, -0.05) is 31.3 Å². The summed E-state index contributed by atoms with van der Waals surface area (Å²) >= 11 is 1.92. The van der Waals surface area contributed by atoms with Crippen molar-refractivity contribution < 1.29 is 14.3 Å². The molecule has 0 spiro atoms. The molecule has 3 aromatic rings. The van der Waals surface area contributed by atoms with Crippen molar-refractivity contribution in [2.24, 2.45) is 10.9 Å². The highest BCUT2D eigenvalue weighted by atomic mass is 32.1. The van der Waals surface area contributed by atoms with Gasteiger partial charge in [0.1, 0.15) is 18.6 Å². The van der Waals surface area contributed by atoms with Crippen molar-refractivity contribution in [2.45, 2.75) is 64.2 Å². The zero-order valence-electron chi connectivity index (χ0n) is 21.4. The Balaban J connectivity index is 1.20. The molecule has 192 valence electrons. The monoisotopic (exact) mass is 507 g/mol. The van der Waals surface area contributed by atoms with Gasteiger partial charge in [0.25, 0.3) is 0 Å². The van der Waals surface area contributed by atoms with E-state index in [4.69, 9.17) is 25.0 Å². The average Bonchev–Trinajstić information content (AvgIpc) is 3.36. The summed E-state index contributed by atoms with van der Waals surface area (Å²) in [6, 6.07) is 15.9. The lowest BCUT2D eigenvalue weighted by Crippen LogP contribution is -2.13. The Morgan fingerprint density at radius 3 is 2.14 bits per heavy atom. The van der Waals surface area contributed by atoms with Crippen molar-refractivity contribution in [1.82, 2.24) is 4.98 Å². The predicted octanol–water partition coefficient (Wildman–Crippen LogP) is 6.92. The van der Waals surface area contributed by atoms with Crippen LogP contribution in [0.2, 0.25) is 0 Å². The number of aromatic nitrogens is 1. The van der Waals surface area contributed by atoms with Gasteiger partial charge in [0.15, 0.2) is 5.84 Å². The van der Waals surface area contributed by atoms with Gasteiger partial charge in [-0.3, -0.25) is 0 Å². The summed E-state index contributed by atoms with van der Waals surface area (Å²) in [5.74, 6) is 2.70. The second-order valence-corrected chi connectivity index (χ2v) is 10.2. The van der Waals surface area contributed by atoms with Gasteiger partial charge in [-0.15, -0.1) is 11.3 Å². The van der Waals surface area contributed by atoms with E-state index in [1.165, 1.54) is 54.7 Å². The minimum atomic E-state index is 0.343. The Morgan fingerprint density at radius 2 is 1.56 bits per heavy atom. The Labute approximate surface area is 218 Å². The Hall–Kier alpha value is -3.06. The summed E-state index contributed by atoms with van der Waals surface area (Å²) in [5.41, 5.74) is 8.95. The second-order valence-electron chi connectivity index (χ2n) is 9.12. The molecule has 1 saturated carbocycles. The quantitative estimate of drug-likeness (QED) is 0.124. The van der Waals surface area contributed by atoms with E-state index >= 15 is 0 Å². The molecule has 0 bridgehead atoms. The number of oxime groups is 1. The van der Waals surface area contributed by atoms with Crippen LogP contribution in [-0.2, 0) is 11.3 Å². The largest absolute Gasteiger partial charge is 0.494 e. The highest BCUT2D eigenvalue weighted by molar-refractivity contribution is 7.12. The summed E-state index contributed by atoms with van der Waals surface area (Å²) in [7, 11) is 1.47. The van der Waals surface area contributed by atoms with Crippen molar-refractivity contribution in [3.8, 4) is 22.8 Å². The molecule has 0 saturated heterocycles. The number of thiazole rings is 1. The number of benzene rings is 2. The Bertz CT molecular complexity index is 1100. The van der Waals surface area contributed by atoms with Crippen LogP contribution < -0.4 is 15.2 Å². The fraction of sp³-hybridized carbons (Fsp3) is 0.448. The van der Waals surface area contributed by atoms with Gasteiger partial charge < -0.3 is 20.0 Å². The number of unbranched alkanes of at least 4 members (excludes halogenated alkanes) is 1. The topological polar surface area (TPSA) is 79.0 Å². The predicted molar refractivity (Wildman–Crippen MR) is 147 cm³/mol. The first-order chi connectivity index (χ1) is 17.7. The summed E-state index contributed by atoms with van der Waals surface area (Å²) in [5, 5.41) is 5.07. The van der Waals surface area contributed by atoms with E-state index in [9.17, 15) is 0 Å². The van der Waals surface area contributed by atoms with Gasteiger partial charge in [0.2, 0.25) is 0 Å². The number of hydrogen-bond donors (Lipinski definition) is 1. The number of nitrogens with two attached hydrogens (primary N) is 1. The zero-order chi connectivity index (χ0) is 25.2. The third-order valence-corrected chi connectivity index (χ3v) is 7.90. The van der Waals surface area contributed by atoms with Gasteiger partial charge in [-0.05, 0) is 80.6 Å². The minimum Gasteiger partial charge on any atom is -0.494 e. The first-order valence-electron chi connectivity index (χ1n) is 13.0. The zero-order valence-corrected chi connectivity index (χ0v) is 22.2. The maximum absolute atomic E-state index is 5.96. The number of hydrogen-bond acceptors (Lipinski definition) is 6.